The van der Waals surface area contributed by atoms with Gasteiger partial charge >= 0.3 is 5.97 Å². The van der Waals surface area contributed by atoms with E-state index in [0.29, 0.717) is 16.8 Å². The third-order valence-corrected chi connectivity index (χ3v) is 4.42. The molecule has 27 heavy (non-hydrogen) atoms. The first-order chi connectivity index (χ1) is 12.9. The first kappa shape index (κ1) is 18.3. The number of carbonyl (C=O) groups is 1. The van der Waals surface area contributed by atoms with Crippen LogP contribution in [0.3, 0.4) is 0 Å². The Kier molecular flexibility index (Phi) is 5.03. The number of ether oxygens (including phenoxy) is 1. The van der Waals surface area contributed by atoms with Gasteiger partial charge in [0.2, 0.25) is 0 Å². The molecule has 1 atom stereocenters. The summed E-state index contributed by atoms with van der Waals surface area (Å²) in [4.78, 5) is 27.2. The van der Waals surface area contributed by atoms with E-state index in [-0.39, 0.29) is 11.6 Å². The monoisotopic (exact) mass is 365 g/mol. The highest BCUT2D eigenvalue weighted by atomic mass is 16.6. The van der Waals surface area contributed by atoms with Crippen LogP contribution in [0.25, 0.3) is 11.3 Å². The Morgan fingerprint density at radius 2 is 2.04 bits per heavy atom. The number of non-ortho nitro benzene ring substituents is 1. The van der Waals surface area contributed by atoms with Crippen molar-refractivity contribution in [2.45, 2.75) is 19.8 Å². The molecule has 1 unspecified atom stereocenters. The third kappa shape index (κ3) is 3.72. The Morgan fingerprint density at radius 3 is 2.67 bits per heavy atom. The number of nitrogens with one attached hydrogen (secondary N) is 1. The highest BCUT2D eigenvalue weighted by molar-refractivity contribution is 5.92. The molecule has 1 aliphatic heterocycles. The summed E-state index contributed by atoms with van der Waals surface area (Å²) >= 11 is 0. The maximum Gasteiger partial charge on any atom is 0.336 e. The number of benzene rings is 1. The molecule has 0 fully saturated rings. The fraction of sp³-hybridized carbons (Fsp3) is 0.200. The lowest BCUT2D eigenvalue weighted by atomic mass is 9.87. The Labute approximate surface area is 156 Å². The highest BCUT2D eigenvalue weighted by Gasteiger charge is 2.27. The number of allylic oxidation sites excluding steroid dienone is 3. The number of hydrogen-bond donors (Lipinski definition) is 1. The Hall–Kier alpha value is -3.48. The molecule has 2 heterocycles. The van der Waals surface area contributed by atoms with Crippen LogP contribution in [0.5, 0.6) is 0 Å². The van der Waals surface area contributed by atoms with E-state index < -0.39 is 10.9 Å². The highest BCUT2D eigenvalue weighted by Crippen LogP contribution is 2.33. The van der Waals surface area contributed by atoms with Crippen LogP contribution >= 0.6 is 0 Å². The number of aromatic nitrogens is 1. The molecule has 138 valence electrons. The maximum atomic E-state index is 12.2. The fourth-order valence-corrected chi connectivity index (χ4v) is 3.16. The molecule has 2 aromatic rings. The number of esters is 1. The zero-order chi connectivity index (χ0) is 19.6. The number of carbonyl (C=O) groups excluding carboxylic acids is 1. The Morgan fingerprint density at radius 1 is 1.26 bits per heavy atom. The lowest BCUT2D eigenvalue weighted by Crippen LogP contribution is -2.25. The molecule has 0 amide bonds. The van der Waals surface area contributed by atoms with Crippen LogP contribution in [0.15, 0.2) is 65.6 Å². The van der Waals surface area contributed by atoms with Crippen molar-refractivity contribution in [1.29, 1.82) is 0 Å². The van der Waals surface area contributed by atoms with Crippen molar-refractivity contribution >= 4 is 11.7 Å². The van der Waals surface area contributed by atoms with Crippen LogP contribution in [0, 0.1) is 10.1 Å². The average molecular weight is 365 g/mol. The second kappa shape index (κ2) is 7.41. The Bertz CT molecular complexity index is 961. The van der Waals surface area contributed by atoms with Crippen LogP contribution in [0.2, 0.25) is 0 Å². The fourth-order valence-electron chi connectivity index (χ4n) is 3.16. The van der Waals surface area contributed by atoms with Gasteiger partial charge in [-0.3, -0.25) is 15.1 Å². The van der Waals surface area contributed by atoms with Gasteiger partial charge in [-0.1, -0.05) is 24.3 Å². The summed E-state index contributed by atoms with van der Waals surface area (Å²) in [6.07, 6.45) is 3.63. The molecule has 1 aliphatic rings. The number of hydrogen-bond acceptors (Lipinski definition) is 6. The standard InChI is InChI=1S/C20H19N3O4/c1-12-9-17(19(13(2)22-12)20(24)27-3)15-7-8-18(21-11-15)14-5-4-6-16(10-14)23(25)26/h4-11,17,22H,1-3H3. The van der Waals surface area contributed by atoms with Gasteiger partial charge in [0.15, 0.2) is 0 Å². The molecule has 1 aromatic heterocycles. The van der Waals surface area contributed by atoms with Gasteiger partial charge in [-0.05, 0) is 25.5 Å². The molecule has 0 aliphatic carbocycles. The van der Waals surface area contributed by atoms with E-state index in [2.05, 4.69) is 10.3 Å². The molecule has 1 aromatic carbocycles. The third-order valence-electron chi connectivity index (χ3n) is 4.42. The Balaban J connectivity index is 1.97. The molecule has 0 radical (unpaired) electrons. The van der Waals surface area contributed by atoms with Crippen molar-refractivity contribution in [1.82, 2.24) is 10.3 Å². The van der Waals surface area contributed by atoms with E-state index >= 15 is 0 Å². The van der Waals surface area contributed by atoms with Crippen LogP contribution in [-0.2, 0) is 9.53 Å². The van der Waals surface area contributed by atoms with Crippen molar-refractivity contribution in [2.24, 2.45) is 0 Å². The number of nitrogens with zero attached hydrogens (tertiary/aromatic N) is 2. The van der Waals surface area contributed by atoms with Crippen LogP contribution in [-0.4, -0.2) is 23.0 Å². The minimum absolute atomic E-state index is 0.0156. The quantitative estimate of drug-likeness (QED) is 0.504. The number of nitro benzene ring substituents is 1. The minimum atomic E-state index is -0.434. The number of dihydropyridines is 1. The van der Waals surface area contributed by atoms with Gasteiger partial charge in [0.05, 0.1) is 23.3 Å². The van der Waals surface area contributed by atoms with E-state index in [1.165, 1.54) is 19.2 Å². The van der Waals surface area contributed by atoms with Gasteiger partial charge in [0.25, 0.3) is 5.69 Å². The summed E-state index contributed by atoms with van der Waals surface area (Å²) in [6.45, 7) is 3.76. The van der Waals surface area contributed by atoms with Crippen LogP contribution in [0.4, 0.5) is 5.69 Å². The lowest BCUT2D eigenvalue weighted by Gasteiger charge is -2.25. The number of rotatable bonds is 4. The van der Waals surface area contributed by atoms with Gasteiger partial charge in [-0.15, -0.1) is 0 Å². The van der Waals surface area contributed by atoms with E-state index in [4.69, 9.17) is 4.74 Å². The van der Waals surface area contributed by atoms with Crippen molar-refractivity contribution in [3.63, 3.8) is 0 Å². The zero-order valence-corrected chi connectivity index (χ0v) is 15.2. The first-order valence-corrected chi connectivity index (χ1v) is 8.36. The summed E-state index contributed by atoms with van der Waals surface area (Å²) in [5.41, 5.74) is 4.35. The van der Waals surface area contributed by atoms with Crippen molar-refractivity contribution in [3.8, 4) is 11.3 Å². The number of nitro groups is 1. The van der Waals surface area contributed by atoms with E-state index in [9.17, 15) is 14.9 Å². The molecular weight excluding hydrogens is 346 g/mol. The number of pyridine rings is 1. The largest absolute Gasteiger partial charge is 0.466 e. The second-order valence-corrected chi connectivity index (χ2v) is 6.27. The minimum Gasteiger partial charge on any atom is -0.466 e. The molecule has 0 bridgehead atoms. The molecular formula is C20H19N3O4. The average Bonchev–Trinajstić information content (AvgIpc) is 2.67. The first-order valence-electron chi connectivity index (χ1n) is 8.36. The zero-order valence-electron chi connectivity index (χ0n) is 15.2. The molecule has 0 spiro atoms. The normalized spacial score (nSPS) is 16.4. The number of methoxy groups -OCH3 is 1. The van der Waals surface area contributed by atoms with Crippen molar-refractivity contribution < 1.29 is 14.5 Å². The summed E-state index contributed by atoms with van der Waals surface area (Å²) in [6, 6.07) is 10.00. The smallest absolute Gasteiger partial charge is 0.336 e. The van der Waals surface area contributed by atoms with Crippen molar-refractivity contribution in [3.05, 3.63) is 81.3 Å². The second-order valence-electron chi connectivity index (χ2n) is 6.27. The topological polar surface area (TPSA) is 94.4 Å². The van der Waals surface area contributed by atoms with Gasteiger partial charge in [-0.25, -0.2) is 4.79 Å². The van der Waals surface area contributed by atoms with E-state index in [0.717, 1.165) is 17.0 Å². The predicted molar refractivity (Wildman–Crippen MR) is 101 cm³/mol. The van der Waals surface area contributed by atoms with E-state index in [1.807, 2.05) is 26.0 Å². The summed E-state index contributed by atoms with van der Waals surface area (Å²) < 4.78 is 4.93. The summed E-state index contributed by atoms with van der Waals surface area (Å²) in [5, 5.41) is 14.1. The molecule has 3 rings (SSSR count). The van der Waals surface area contributed by atoms with Gasteiger partial charge in [0, 0.05) is 41.2 Å². The predicted octanol–water partition coefficient (Wildman–Crippen LogP) is 3.69. The molecule has 0 saturated carbocycles. The van der Waals surface area contributed by atoms with Crippen LogP contribution < -0.4 is 5.32 Å². The van der Waals surface area contributed by atoms with Gasteiger partial charge < -0.3 is 10.1 Å². The molecule has 0 saturated heterocycles. The SMILES string of the molecule is COC(=O)C1=C(C)NC(C)=CC1c1ccc(-c2cccc([N+](=O)[O-])c2)nc1. The van der Waals surface area contributed by atoms with Crippen molar-refractivity contribution in [2.75, 3.05) is 7.11 Å². The maximum absolute atomic E-state index is 12.2. The van der Waals surface area contributed by atoms with Gasteiger partial charge in [-0.2, -0.15) is 0 Å². The summed E-state index contributed by atoms with van der Waals surface area (Å²) in [7, 11) is 1.36. The van der Waals surface area contributed by atoms with E-state index in [1.54, 1.807) is 24.4 Å². The van der Waals surface area contributed by atoms with Crippen LogP contribution in [0.1, 0.15) is 25.3 Å². The molecule has 7 nitrogen and oxygen atoms in total. The van der Waals surface area contributed by atoms with Gasteiger partial charge in [0.1, 0.15) is 0 Å². The molecule has 1 N–H and O–H groups in total. The summed E-state index contributed by atoms with van der Waals surface area (Å²) in [5.74, 6) is -0.665. The molecule has 7 heteroatoms. The lowest BCUT2D eigenvalue weighted by molar-refractivity contribution is -0.384.